The number of nitrogens with zero attached hydrogens (tertiary/aromatic N) is 3. The summed E-state index contributed by atoms with van der Waals surface area (Å²) in [5, 5.41) is 6.19. The van der Waals surface area contributed by atoms with E-state index in [9.17, 15) is 14.0 Å². The van der Waals surface area contributed by atoms with Gasteiger partial charge in [0.05, 0.1) is 7.11 Å². The predicted octanol–water partition coefficient (Wildman–Crippen LogP) is 0.802. The molecule has 8 heteroatoms. The molecular formula is C12H9FN4O3. The average Bonchev–Trinajstić information content (AvgIpc) is 2.84. The molecule has 102 valence electrons. The second kappa shape index (κ2) is 4.41. The zero-order valence-electron chi connectivity index (χ0n) is 10.3. The van der Waals surface area contributed by atoms with Crippen LogP contribution in [0.5, 0.6) is 6.01 Å². The molecule has 20 heavy (non-hydrogen) atoms. The largest absolute Gasteiger partial charge is 0.466 e. The molecule has 1 aliphatic rings. The molecule has 0 bridgehead atoms. The van der Waals surface area contributed by atoms with E-state index in [1.165, 1.54) is 25.3 Å². The molecular weight excluding hydrogens is 267 g/mol. The quantitative estimate of drug-likeness (QED) is 0.820. The molecule has 3 rings (SSSR count). The number of hydrogen-bond donors (Lipinski definition) is 1. The number of aromatic nitrogens is 3. The number of hydrogen-bond acceptors (Lipinski definition) is 5. The maximum Gasteiger partial charge on any atom is 0.337 e. The average molecular weight is 276 g/mol. The van der Waals surface area contributed by atoms with Gasteiger partial charge in [0.2, 0.25) is 11.9 Å². The summed E-state index contributed by atoms with van der Waals surface area (Å²) in [6.07, 6.45) is 0. The molecule has 1 aliphatic heterocycles. The van der Waals surface area contributed by atoms with Crippen LogP contribution in [0.15, 0.2) is 24.3 Å². The lowest BCUT2D eigenvalue weighted by atomic mass is 9.96. The Kier molecular flexibility index (Phi) is 2.70. The Balaban J connectivity index is 2.08. The molecule has 7 nitrogen and oxygen atoms in total. The third-order valence-corrected chi connectivity index (χ3v) is 2.94. The predicted molar refractivity (Wildman–Crippen MR) is 65.0 cm³/mol. The highest BCUT2D eigenvalue weighted by atomic mass is 19.1. The molecule has 0 fully saturated rings. The van der Waals surface area contributed by atoms with Crippen LogP contribution in [0, 0.1) is 5.82 Å². The smallest absolute Gasteiger partial charge is 0.337 e. The number of nitrogens with one attached hydrogen (secondary N) is 1. The number of fused-ring (bicyclic) bond motifs is 1. The Morgan fingerprint density at radius 3 is 2.80 bits per heavy atom. The van der Waals surface area contributed by atoms with E-state index in [0.717, 1.165) is 4.68 Å². The van der Waals surface area contributed by atoms with Crippen LogP contribution in [-0.4, -0.2) is 33.7 Å². The first-order valence-electron chi connectivity index (χ1n) is 5.72. The van der Waals surface area contributed by atoms with Crippen molar-refractivity contribution in [3.05, 3.63) is 35.6 Å². The summed E-state index contributed by atoms with van der Waals surface area (Å²) in [6, 6.07) is 5.55. The lowest BCUT2D eigenvalue weighted by Gasteiger charge is -2.20. The Morgan fingerprint density at radius 2 is 2.10 bits per heavy atom. The molecule has 0 aliphatic carbocycles. The van der Waals surface area contributed by atoms with Gasteiger partial charge >= 0.3 is 6.01 Å². The van der Waals surface area contributed by atoms with Crippen LogP contribution in [-0.2, 0) is 4.79 Å². The van der Waals surface area contributed by atoms with E-state index in [2.05, 4.69) is 15.4 Å². The topological polar surface area (TPSA) is 86.1 Å². The normalized spacial score (nSPS) is 17.6. The summed E-state index contributed by atoms with van der Waals surface area (Å²) in [6.45, 7) is 0. The number of halogens is 1. The Morgan fingerprint density at radius 1 is 1.35 bits per heavy atom. The van der Waals surface area contributed by atoms with Crippen LogP contribution in [0.4, 0.5) is 10.3 Å². The molecule has 1 aromatic heterocycles. The number of carbonyl (C=O) groups excluding carboxylic acids is 2. The van der Waals surface area contributed by atoms with E-state index in [0.29, 0.717) is 0 Å². The monoisotopic (exact) mass is 276 g/mol. The fraction of sp³-hybridized carbons (Fsp3) is 0.167. The highest BCUT2D eigenvalue weighted by Crippen LogP contribution is 2.28. The fourth-order valence-corrected chi connectivity index (χ4v) is 2.01. The van der Waals surface area contributed by atoms with Gasteiger partial charge in [-0.1, -0.05) is 18.2 Å². The summed E-state index contributed by atoms with van der Waals surface area (Å²) < 4.78 is 19.5. The van der Waals surface area contributed by atoms with Crippen molar-refractivity contribution >= 4 is 17.8 Å². The highest BCUT2D eigenvalue weighted by Gasteiger charge is 2.39. The first-order valence-corrected chi connectivity index (χ1v) is 5.72. The van der Waals surface area contributed by atoms with Gasteiger partial charge in [-0.3, -0.25) is 14.9 Å². The summed E-state index contributed by atoms with van der Waals surface area (Å²) in [5.41, 5.74) is -0.00452. The fourth-order valence-electron chi connectivity index (χ4n) is 2.01. The molecule has 0 saturated carbocycles. The van der Waals surface area contributed by atoms with Gasteiger partial charge in [0.25, 0.3) is 5.91 Å². The molecule has 0 saturated heterocycles. The number of ether oxygens (including phenoxy) is 1. The minimum Gasteiger partial charge on any atom is -0.466 e. The summed E-state index contributed by atoms with van der Waals surface area (Å²) >= 11 is 0. The van der Waals surface area contributed by atoms with Crippen molar-refractivity contribution < 1.29 is 18.7 Å². The van der Waals surface area contributed by atoms with E-state index >= 15 is 0 Å². The number of benzene rings is 1. The van der Waals surface area contributed by atoms with Crippen molar-refractivity contribution in [2.45, 2.75) is 5.92 Å². The van der Waals surface area contributed by atoms with Crippen LogP contribution in [0.25, 0.3) is 0 Å². The number of methoxy groups -OCH3 is 1. The van der Waals surface area contributed by atoms with E-state index in [1.807, 2.05) is 0 Å². The third kappa shape index (κ3) is 1.73. The second-order valence-electron chi connectivity index (χ2n) is 4.12. The number of rotatable bonds is 2. The zero-order chi connectivity index (χ0) is 14.3. The van der Waals surface area contributed by atoms with Crippen molar-refractivity contribution in [2.24, 2.45) is 0 Å². The highest BCUT2D eigenvalue weighted by molar-refractivity contribution is 6.15. The zero-order valence-corrected chi connectivity index (χ0v) is 10.3. The van der Waals surface area contributed by atoms with Crippen LogP contribution < -0.4 is 10.1 Å². The first kappa shape index (κ1) is 12.3. The van der Waals surface area contributed by atoms with Gasteiger partial charge in [0.1, 0.15) is 11.7 Å². The maximum absolute atomic E-state index is 13.8. The summed E-state index contributed by atoms with van der Waals surface area (Å²) in [5.74, 6) is -3.29. The molecule has 1 aromatic carbocycles. The Hall–Kier alpha value is -2.77. The molecule has 2 heterocycles. The van der Waals surface area contributed by atoms with E-state index in [4.69, 9.17) is 4.74 Å². The minimum absolute atomic E-state index is 0.00452. The van der Waals surface area contributed by atoms with Gasteiger partial charge < -0.3 is 4.74 Å². The molecule has 1 atom stereocenters. The van der Waals surface area contributed by atoms with Crippen molar-refractivity contribution in [2.75, 3.05) is 12.4 Å². The van der Waals surface area contributed by atoms with Gasteiger partial charge in [-0.2, -0.15) is 9.67 Å². The van der Waals surface area contributed by atoms with Crippen LogP contribution in [0.3, 0.4) is 0 Å². The third-order valence-electron chi connectivity index (χ3n) is 2.94. The first-order chi connectivity index (χ1) is 9.61. The van der Waals surface area contributed by atoms with Crippen molar-refractivity contribution in [3.8, 4) is 6.01 Å². The van der Waals surface area contributed by atoms with Crippen LogP contribution >= 0.6 is 0 Å². The van der Waals surface area contributed by atoms with Crippen molar-refractivity contribution in [3.63, 3.8) is 0 Å². The molecule has 1 unspecified atom stereocenters. The van der Waals surface area contributed by atoms with Crippen molar-refractivity contribution in [1.82, 2.24) is 14.8 Å². The standard InChI is InChI=1S/C12H9FN4O3/c1-20-12-15-11-14-9(18)8(10(19)17(11)16-12)6-4-2-3-5-7(6)13/h2-5,8H,1H3,(H,14,15,16,18). The Bertz CT molecular complexity index is 712. The van der Waals surface area contributed by atoms with Gasteiger partial charge in [-0.25, -0.2) is 4.39 Å². The second-order valence-corrected chi connectivity index (χ2v) is 4.12. The van der Waals surface area contributed by atoms with Gasteiger partial charge in [0, 0.05) is 5.56 Å². The molecule has 0 radical (unpaired) electrons. The molecule has 2 aromatic rings. The summed E-state index contributed by atoms with van der Waals surface area (Å²) in [7, 11) is 1.34. The van der Waals surface area contributed by atoms with E-state index in [-0.39, 0.29) is 17.5 Å². The Labute approximate surface area is 112 Å². The van der Waals surface area contributed by atoms with Crippen LogP contribution in [0.1, 0.15) is 16.3 Å². The van der Waals surface area contributed by atoms with Gasteiger partial charge in [-0.15, -0.1) is 5.10 Å². The van der Waals surface area contributed by atoms with Crippen molar-refractivity contribution in [1.29, 1.82) is 0 Å². The van der Waals surface area contributed by atoms with E-state index < -0.39 is 23.5 Å². The lowest BCUT2D eigenvalue weighted by Crippen LogP contribution is -2.38. The number of amides is 1. The molecule has 1 N–H and O–H groups in total. The van der Waals surface area contributed by atoms with E-state index in [1.54, 1.807) is 6.07 Å². The van der Waals surface area contributed by atoms with Gasteiger partial charge in [-0.05, 0) is 6.07 Å². The summed E-state index contributed by atoms with van der Waals surface area (Å²) in [4.78, 5) is 28.1. The number of carbonyl (C=O) groups is 2. The molecule has 1 amide bonds. The van der Waals surface area contributed by atoms with Gasteiger partial charge in [0.15, 0.2) is 0 Å². The number of anilines is 1. The minimum atomic E-state index is -1.30. The molecule has 0 spiro atoms. The maximum atomic E-state index is 13.8. The van der Waals surface area contributed by atoms with Crippen LogP contribution in [0.2, 0.25) is 0 Å². The lowest BCUT2D eigenvalue weighted by molar-refractivity contribution is -0.117. The SMILES string of the molecule is COc1nc2n(n1)C(=O)C(c1ccccc1F)C(=O)N2.